The van der Waals surface area contributed by atoms with E-state index >= 15 is 0 Å². The van der Waals surface area contributed by atoms with Crippen molar-refractivity contribution in [3.8, 4) is 0 Å². The van der Waals surface area contributed by atoms with Crippen LogP contribution in [0.3, 0.4) is 0 Å². The molecule has 0 heterocycles. The molecule has 0 spiro atoms. The maximum atomic E-state index is 11.5. The predicted molar refractivity (Wildman–Crippen MR) is 68.0 cm³/mol. The molecule has 0 saturated heterocycles. The van der Waals surface area contributed by atoms with Crippen molar-refractivity contribution in [2.45, 2.75) is 71.5 Å². The van der Waals surface area contributed by atoms with Crippen LogP contribution in [0.2, 0.25) is 0 Å². The molecule has 0 bridgehead atoms. The van der Waals surface area contributed by atoms with Gasteiger partial charge >= 0.3 is 11.9 Å². The highest BCUT2D eigenvalue weighted by molar-refractivity contribution is 5.70. The van der Waals surface area contributed by atoms with E-state index in [0.717, 1.165) is 25.7 Å². The van der Waals surface area contributed by atoms with E-state index < -0.39 is 0 Å². The first-order chi connectivity index (χ1) is 8.51. The zero-order valence-electron chi connectivity index (χ0n) is 11.6. The summed E-state index contributed by atoms with van der Waals surface area (Å²) in [5, 5.41) is 0. The van der Waals surface area contributed by atoms with E-state index in [2.05, 4.69) is 0 Å². The minimum absolute atomic E-state index is 0.00725. The quantitative estimate of drug-likeness (QED) is 0.710. The van der Waals surface area contributed by atoms with Crippen LogP contribution in [0.4, 0.5) is 0 Å². The van der Waals surface area contributed by atoms with Gasteiger partial charge in [-0.25, -0.2) is 0 Å². The van der Waals surface area contributed by atoms with Crippen LogP contribution in [-0.4, -0.2) is 24.1 Å². The van der Waals surface area contributed by atoms with Gasteiger partial charge in [-0.3, -0.25) is 9.59 Å². The second-order valence-electron chi connectivity index (χ2n) is 5.33. The normalized spacial score (nSPS) is 23.8. The molecule has 0 aromatic carbocycles. The minimum atomic E-state index is -0.143. The predicted octanol–water partition coefficient (Wildman–Crippen LogP) is 2.84. The van der Waals surface area contributed by atoms with Crippen molar-refractivity contribution in [3.05, 3.63) is 0 Å². The molecule has 1 saturated carbocycles. The summed E-state index contributed by atoms with van der Waals surface area (Å²) in [6.07, 6.45) is 4.10. The van der Waals surface area contributed by atoms with Crippen molar-refractivity contribution in [1.29, 1.82) is 0 Å². The molecule has 1 aliphatic carbocycles. The van der Waals surface area contributed by atoms with Crippen molar-refractivity contribution in [2.24, 2.45) is 5.92 Å². The third-order valence-corrected chi connectivity index (χ3v) is 3.08. The smallest absolute Gasteiger partial charge is 0.306 e. The third kappa shape index (κ3) is 5.52. The molecular formula is C14H24O4. The standard InChI is InChI=1S/C14H24O4/c1-4-13(15)17-11-5-7-12(8-6-11)18-14(16)9-10(2)3/h10-12H,4-9H2,1-3H3. The molecule has 1 aliphatic rings. The first kappa shape index (κ1) is 15.0. The Morgan fingerprint density at radius 2 is 1.44 bits per heavy atom. The fourth-order valence-electron chi connectivity index (χ4n) is 2.10. The van der Waals surface area contributed by atoms with Crippen LogP contribution in [0.25, 0.3) is 0 Å². The summed E-state index contributed by atoms with van der Waals surface area (Å²) in [5.41, 5.74) is 0. The summed E-state index contributed by atoms with van der Waals surface area (Å²) in [6.45, 7) is 5.80. The third-order valence-electron chi connectivity index (χ3n) is 3.08. The zero-order valence-corrected chi connectivity index (χ0v) is 11.6. The van der Waals surface area contributed by atoms with E-state index in [0.29, 0.717) is 18.8 Å². The van der Waals surface area contributed by atoms with Gasteiger partial charge in [-0.05, 0) is 31.6 Å². The van der Waals surface area contributed by atoms with E-state index in [1.54, 1.807) is 6.92 Å². The monoisotopic (exact) mass is 256 g/mol. The molecule has 4 nitrogen and oxygen atoms in total. The lowest BCUT2D eigenvalue weighted by atomic mass is 9.95. The Labute approximate surface area is 109 Å². The van der Waals surface area contributed by atoms with Gasteiger partial charge in [0.05, 0.1) is 0 Å². The van der Waals surface area contributed by atoms with E-state index in [1.807, 2.05) is 13.8 Å². The van der Waals surface area contributed by atoms with Gasteiger partial charge in [0.15, 0.2) is 0 Å². The number of ether oxygens (including phenoxy) is 2. The zero-order chi connectivity index (χ0) is 13.5. The lowest BCUT2D eigenvalue weighted by Crippen LogP contribution is -2.29. The summed E-state index contributed by atoms with van der Waals surface area (Å²) in [7, 11) is 0. The second kappa shape index (κ2) is 7.39. The van der Waals surface area contributed by atoms with Gasteiger partial charge in [0.1, 0.15) is 12.2 Å². The van der Waals surface area contributed by atoms with E-state index in [1.165, 1.54) is 0 Å². The molecule has 0 unspecified atom stereocenters. The summed E-state index contributed by atoms with van der Waals surface area (Å²) in [6, 6.07) is 0. The summed E-state index contributed by atoms with van der Waals surface area (Å²) in [5.74, 6) is 0.0774. The highest BCUT2D eigenvalue weighted by atomic mass is 16.6. The van der Waals surface area contributed by atoms with Crippen molar-refractivity contribution in [3.63, 3.8) is 0 Å². The van der Waals surface area contributed by atoms with Crippen LogP contribution in [0.15, 0.2) is 0 Å². The maximum Gasteiger partial charge on any atom is 0.306 e. The molecule has 0 aliphatic heterocycles. The number of rotatable bonds is 5. The van der Waals surface area contributed by atoms with E-state index in [9.17, 15) is 9.59 Å². The van der Waals surface area contributed by atoms with Crippen LogP contribution < -0.4 is 0 Å². The van der Waals surface area contributed by atoms with Gasteiger partial charge in [0, 0.05) is 12.8 Å². The average molecular weight is 256 g/mol. The Balaban J connectivity index is 2.23. The van der Waals surface area contributed by atoms with Crippen molar-refractivity contribution < 1.29 is 19.1 Å². The first-order valence-corrected chi connectivity index (χ1v) is 6.90. The minimum Gasteiger partial charge on any atom is -0.462 e. The van der Waals surface area contributed by atoms with Gasteiger partial charge in [-0.15, -0.1) is 0 Å². The van der Waals surface area contributed by atoms with Crippen LogP contribution in [0.1, 0.15) is 59.3 Å². The summed E-state index contributed by atoms with van der Waals surface area (Å²) < 4.78 is 10.7. The van der Waals surface area contributed by atoms with Crippen molar-refractivity contribution >= 4 is 11.9 Å². The van der Waals surface area contributed by atoms with Gasteiger partial charge < -0.3 is 9.47 Å². The fourth-order valence-corrected chi connectivity index (χ4v) is 2.10. The highest BCUT2D eigenvalue weighted by Gasteiger charge is 2.25. The summed E-state index contributed by atoms with van der Waals surface area (Å²) in [4.78, 5) is 22.7. The summed E-state index contributed by atoms with van der Waals surface area (Å²) >= 11 is 0. The Bertz CT molecular complexity index is 278. The van der Waals surface area contributed by atoms with Gasteiger partial charge in [-0.1, -0.05) is 20.8 Å². The molecule has 0 amide bonds. The lowest BCUT2D eigenvalue weighted by molar-refractivity contribution is -0.158. The van der Waals surface area contributed by atoms with Gasteiger partial charge in [0.2, 0.25) is 0 Å². The molecule has 1 fully saturated rings. The number of hydrogen-bond donors (Lipinski definition) is 0. The van der Waals surface area contributed by atoms with Crippen LogP contribution in [0.5, 0.6) is 0 Å². The van der Waals surface area contributed by atoms with E-state index in [4.69, 9.17) is 9.47 Å². The molecule has 1 rings (SSSR count). The molecule has 0 aromatic rings. The van der Waals surface area contributed by atoms with Crippen LogP contribution >= 0.6 is 0 Å². The SMILES string of the molecule is CCC(=O)OC1CCC(OC(=O)CC(C)C)CC1. The van der Waals surface area contributed by atoms with Crippen LogP contribution in [0, 0.1) is 5.92 Å². The molecule has 0 N–H and O–H groups in total. The number of esters is 2. The Morgan fingerprint density at radius 1 is 1.00 bits per heavy atom. The number of hydrogen-bond acceptors (Lipinski definition) is 4. The largest absolute Gasteiger partial charge is 0.462 e. The van der Waals surface area contributed by atoms with Crippen LogP contribution in [-0.2, 0) is 19.1 Å². The lowest BCUT2D eigenvalue weighted by Gasteiger charge is -2.28. The molecule has 104 valence electrons. The number of carbonyl (C=O) groups is 2. The molecule has 0 atom stereocenters. The second-order valence-corrected chi connectivity index (χ2v) is 5.33. The Kier molecular flexibility index (Phi) is 6.16. The molecular weight excluding hydrogens is 232 g/mol. The maximum absolute atomic E-state index is 11.5. The van der Waals surface area contributed by atoms with Gasteiger partial charge in [0.25, 0.3) is 0 Å². The Morgan fingerprint density at radius 3 is 1.83 bits per heavy atom. The Hall–Kier alpha value is -1.06. The molecule has 0 radical (unpaired) electrons. The van der Waals surface area contributed by atoms with E-state index in [-0.39, 0.29) is 24.1 Å². The number of carbonyl (C=O) groups excluding carboxylic acids is 2. The van der Waals surface area contributed by atoms with Gasteiger partial charge in [-0.2, -0.15) is 0 Å². The first-order valence-electron chi connectivity index (χ1n) is 6.90. The highest BCUT2D eigenvalue weighted by Crippen LogP contribution is 2.24. The van der Waals surface area contributed by atoms with Crippen molar-refractivity contribution in [1.82, 2.24) is 0 Å². The molecule has 0 aromatic heterocycles. The fraction of sp³-hybridized carbons (Fsp3) is 0.857. The van der Waals surface area contributed by atoms with Crippen molar-refractivity contribution in [2.75, 3.05) is 0 Å². The topological polar surface area (TPSA) is 52.6 Å². The average Bonchev–Trinajstić information content (AvgIpc) is 2.30. The molecule has 4 heteroatoms. The molecule has 18 heavy (non-hydrogen) atoms.